The molecule has 0 aliphatic heterocycles. The third-order valence-corrected chi connectivity index (χ3v) is 4.33. The molecule has 3 rings (SSSR count). The number of aromatic hydroxyl groups is 1. The van der Waals surface area contributed by atoms with Crippen LogP contribution in [0.5, 0.6) is 5.75 Å². The quantitative estimate of drug-likeness (QED) is 0.534. The fourth-order valence-corrected chi connectivity index (χ4v) is 3.05. The number of rotatable bonds is 5. The number of amides is 1. The first-order valence-corrected chi connectivity index (χ1v) is 8.06. The van der Waals surface area contributed by atoms with Gasteiger partial charge in [0.05, 0.1) is 23.3 Å². The summed E-state index contributed by atoms with van der Waals surface area (Å²) in [4.78, 5) is 13.3. The number of phenolic OH excluding ortho intramolecular Hbond substituents is 1. The summed E-state index contributed by atoms with van der Waals surface area (Å²) in [6.45, 7) is 0. The number of anilines is 1. The summed E-state index contributed by atoms with van der Waals surface area (Å²) in [6, 6.07) is 17.8. The van der Waals surface area contributed by atoms with Gasteiger partial charge in [-0.25, -0.2) is 0 Å². The molecule has 0 saturated heterocycles. The fourth-order valence-electron chi connectivity index (χ4n) is 2.09. The van der Waals surface area contributed by atoms with Crippen LogP contribution in [0.25, 0.3) is 0 Å². The zero-order valence-corrected chi connectivity index (χ0v) is 13.0. The second-order valence-electron chi connectivity index (χ2n) is 4.84. The lowest BCUT2D eigenvalue weighted by atomic mass is 10.2. The van der Waals surface area contributed by atoms with Gasteiger partial charge in [0, 0.05) is 4.90 Å². The molecule has 0 atom stereocenters. The van der Waals surface area contributed by atoms with Crippen LogP contribution in [0.1, 0.15) is 16.1 Å². The Kier molecular flexibility index (Phi) is 4.68. The average molecular weight is 325 g/mol. The van der Waals surface area contributed by atoms with Gasteiger partial charge in [0.2, 0.25) is 0 Å². The number of hydrogen-bond donors (Lipinski definition) is 2. The number of carbonyl (C=O) groups excluding carboxylic acids is 1. The van der Waals surface area contributed by atoms with Gasteiger partial charge in [0.1, 0.15) is 11.5 Å². The van der Waals surface area contributed by atoms with Gasteiger partial charge in [-0.2, -0.15) is 0 Å². The zero-order valence-electron chi connectivity index (χ0n) is 12.2. The molecule has 4 nitrogen and oxygen atoms in total. The lowest BCUT2D eigenvalue weighted by Gasteiger charge is -2.10. The molecule has 0 aliphatic rings. The maximum Gasteiger partial charge on any atom is 0.256 e. The summed E-state index contributed by atoms with van der Waals surface area (Å²) in [5, 5.41) is 12.5. The summed E-state index contributed by atoms with van der Waals surface area (Å²) >= 11 is 1.53. The van der Waals surface area contributed by atoms with Crippen LogP contribution in [0.2, 0.25) is 0 Å². The molecule has 1 amide bonds. The van der Waals surface area contributed by atoms with Gasteiger partial charge in [-0.1, -0.05) is 24.3 Å². The normalized spacial score (nSPS) is 10.4. The van der Waals surface area contributed by atoms with Crippen molar-refractivity contribution >= 4 is 23.4 Å². The Labute approximate surface area is 138 Å². The first-order chi connectivity index (χ1) is 11.2. The summed E-state index contributed by atoms with van der Waals surface area (Å²) in [5.74, 6) is 1.29. The van der Waals surface area contributed by atoms with Crippen molar-refractivity contribution in [3.8, 4) is 5.75 Å². The van der Waals surface area contributed by atoms with Crippen LogP contribution in [-0.4, -0.2) is 11.0 Å². The number of thioether (sulfide) groups is 1. The molecular formula is C18H15NO3S. The largest absolute Gasteiger partial charge is 0.506 e. The van der Waals surface area contributed by atoms with E-state index in [0.717, 1.165) is 10.7 Å². The van der Waals surface area contributed by atoms with E-state index < -0.39 is 0 Å². The maximum absolute atomic E-state index is 12.5. The van der Waals surface area contributed by atoms with Gasteiger partial charge in [-0.15, -0.1) is 11.8 Å². The fraction of sp³-hybridized carbons (Fsp3) is 0.0556. The van der Waals surface area contributed by atoms with E-state index in [4.69, 9.17) is 4.42 Å². The minimum Gasteiger partial charge on any atom is -0.506 e. The molecule has 2 N–H and O–H groups in total. The Morgan fingerprint density at radius 3 is 2.61 bits per heavy atom. The van der Waals surface area contributed by atoms with Crippen LogP contribution >= 0.6 is 11.8 Å². The molecule has 0 saturated carbocycles. The van der Waals surface area contributed by atoms with E-state index in [1.165, 1.54) is 17.8 Å². The van der Waals surface area contributed by atoms with E-state index in [1.807, 2.05) is 30.3 Å². The van der Waals surface area contributed by atoms with E-state index in [1.54, 1.807) is 30.5 Å². The summed E-state index contributed by atoms with van der Waals surface area (Å²) in [7, 11) is 0. The second kappa shape index (κ2) is 7.07. The number of nitrogens with one attached hydrogen (secondary N) is 1. The molecule has 0 aliphatic carbocycles. The summed E-state index contributed by atoms with van der Waals surface area (Å²) in [6.07, 6.45) is 1.63. The number of hydrogen-bond acceptors (Lipinski definition) is 4. The first kappa shape index (κ1) is 15.2. The Bertz CT molecular complexity index is 800. The molecule has 5 heteroatoms. The highest BCUT2D eigenvalue weighted by Gasteiger charge is 2.13. The molecule has 0 radical (unpaired) electrons. The highest BCUT2D eigenvalue weighted by molar-refractivity contribution is 7.98. The molecular weight excluding hydrogens is 310 g/mol. The van der Waals surface area contributed by atoms with Crippen molar-refractivity contribution < 1.29 is 14.3 Å². The molecule has 116 valence electrons. The van der Waals surface area contributed by atoms with Gasteiger partial charge in [0.15, 0.2) is 0 Å². The number of furan rings is 1. The van der Waals surface area contributed by atoms with Crippen LogP contribution in [0.3, 0.4) is 0 Å². The third-order valence-electron chi connectivity index (χ3n) is 3.23. The Morgan fingerprint density at radius 2 is 1.83 bits per heavy atom. The van der Waals surface area contributed by atoms with E-state index in [2.05, 4.69) is 5.32 Å². The molecule has 23 heavy (non-hydrogen) atoms. The van der Waals surface area contributed by atoms with Crippen LogP contribution < -0.4 is 5.32 Å². The lowest BCUT2D eigenvalue weighted by molar-refractivity contribution is 0.102. The molecule has 0 bridgehead atoms. The molecule has 1 aromatic heterocycles. The highest BCUT2D eigenvalue weighted by atomic mass is 32.2. The van der Waals surface area contributed by atoms with Gasteiger partial charge in [0.25, 0.3) is 5.91 Å². The summed E-state index contributed by atoms with van der Waals surface area (Å²) in [5.41, 5.74) is 0.954. The first-order valence-electron chi connectivity index (χ1n) is 7.07. The smallest absolute Gasteiger partial charge is 0.256 e. The van der Waals surface area contributed by atoms with E-state index in [-0.39, 0.29) is 11.7 Å². The second-order valence-corrected chi connectivity index (χ2v) is 5.85. The SMILES string of the molecule is O=C(Nc1ccccc1O)c1ccccc1SCc1ccco1. The van der Waals surface area contributed by atoms with Crippen molar-refractivity contribution in [3.05, 3.63) is 78.3 Å². The third kappa shape index (κ3) is 3.76. The Hall–Kier alpha value is -2.66. The molecule has 0 fully saturated rings. The number of benzene rings is 2. The monoisotopic (exact) mass is 325 g/mol. The van der Waals surface area contributed by atoms with Crippen molar-refractivity contribution in [2.24, 2.45) is 0 Å². The predicted octanol–water partition coefficient (Wildman–Crippen LogP) is 4.53. The number of phenols is 1. The predicted molar refractivity (Wildman–Crippen MR) is 90.8 cm³/mol. The minimum absolute atomic E-state index is 0.0431. The van der Waals surface area contributed by atoms with Crippen LogP contribution in [-0.2, 0) is 5.75 Å². The van der Waals surface area contributed by atoms with Gasteiger partial charge in [-0.05, 0) is 36.4 Å². The van der Waals surface area contributed by atoms with Gasteiger partial charge in [-0.3, -0.25) is 4.79 Å². The molecule has 3 aromatic rings. The maximum atomic E-state index is 12.5. The zero-order chi connectivity index (χ0) is 16.1. The van der Waals surface area contributed by atoms with E-state index >= 15 is 0 Å². The summed E-state index contributed by atoms with van der Waals surface area (Å²) < 4.78 is 5.31. The van der Waals surface area contributed by atoms with Crippen molar-refractivity contribution in [3.63, 3.8) is 0 Å². The Balaban J connectivity index is 1.76. The van der Waals surface area contributed by atoms with E-state index in [0.29, 0.717) is 17.0 Å². The van der Waals surface area contributed by atoms with Crippen molar-refractivity contribution in [1.82, 2.24) is 0 Å². The van der Waals surface area contributed by atoms with Crippen molar-refractivity contribution in [1.29, 1.82) is 0 Å². The topological polar surface area (TPSA) is 62.5 Å². The van der Waals surface area contributed by atoms with E-state index in [9.17, 15) is 9.90 Å². The molecule has 1 heterocycles. The lowest BCUT2D eigenvalue weighted by Crippen LogP contribution is -2.13. The number of carbonyl (C=O) groups is 1. The Morgan fingerprint density at radius 1 is 1.04 bits per heavy atom. The number of para-hydroxylation sites is 2. The molecule has 2 aromatic carbocycles. The van der Waals surface area contributed by atoms with Crippen LogP contribution in [0.15, 0.2) is 76.2 Å². The minimum atomic E-state index is -0.256. The average Bonchev–Trinajstić information content (AvgIpc) is 3.09. The molecule has 0 unspecified atom stereocenters. The van der Waals surface area contributed by atoms with Crippen molar-refractivity contribution in [2.45, 2.75) is 10.6 Å². The van der Waals surface area contributed by atoms with Gasteiger partial charge < -0.3 is 14.8 Å². The van der Waals surface area contributed by atoms with Crippen LogP contribution in [0, 0.1) is 0 Å². The van der Waals surface area contributed by atoms with Crippen LogP contribution in [0.4, 0.5) is 5.69 Å². The highest BCUT2D eigenvalue weighted by Crippen LogP contribution is 2.28. The standard InChI is InChI=1S/C18H15NO3S/c20-16-9-3-2-8-15(16)19-18(21)14-7-1-4-10-17(14)23-12-13-6-5-11-22-13/h1-11,20H,12H2,(H,19,21). The van der Waals surface area contributed by atoms with Gasteiger partial charge >= 0.3 is 0 Å². The van der Waals surface area contributed by atoms with Crippen molar-refractivity contribution in [2.75, 3.05) is 5.32 Å². The molecule has 0 spiro atoms.